The van der Waals surface area contributed by atoms with E-state index in [1.165, 1.54) is 0 Å². The quantitative estimate of drug-likeness (QED) is 0.815. The second-order valence-corrected chi connectivity index (χ2v) is 6.04. The van der Waals surface area contributed by atoms with Gasteiger partial charge in [-0.2, -0.15) is 0 Å². The zero-order chi connectivity index (χ0) is 14.5. The molecule has 1 amide bonds. The van der Waals surface area contributed by atoms with E-state index in [2.05, 4.69) is 37.2 Å². The van der Waals surface area contributed by atoms with Gasteiger partial charge in [0.1, 0.15) is 5.75 Å². The molecule has 104 valence electrons. The van der Waals surface area contributed by atoms with Gasteiger partial charge in [0.05, 0.1) is 0 Å². The Balaban J connectivity index is 1.94. The van der Waals surface area contributed by atoms with Crippen molar-refractivity contribution in [3.63, 3.8) is 0 Å². The van der Waals surface area contributed by atoms with Gasteiger partial charge in [-0.1, -0.05) is 31.9 Å². The van der Waals surface area contributed by atoms with E-state index in [1.807, 2.05) is 48.5 Å². The SMILES string of the molecule is C[C@H](Oc1ccc(Br)cc1)C(=O)Nc1ccc(Br)cc1. The van der Waals surface area contributed by atoms with E-state index in [1.54, 1.807) is 6.92 Å². The maximum absolute atomic E-state index is 12.0. The standard InChI is InChI=1S/C15H13Br2NO2/c1-10(20-14-8-4-12(17)5-9-14)15(19)18-13-6-2-11(16)3-7-13/h2-10H,1H3,(H,18,19)/t10-/m0/s1. The molecule has 0 heterocycles. The fraction of sp³-hybridized carbons (Fsp3) is 0.133. The predicted molar refractivity (Wildman–Crippen MR) is 87.0 cm³/mol. The number of carbonyl (C=O) groups is 1. The molecule has 1 N–H and O–H groups in total. The summed E-state index contributed by atoms with van der Waals surface area (Å²) in [7, 11) is 0. The van der Waals surface area contributed by atoms with E-state index >= 15 is 0 Å². The molecule has 0 saturated carbocycles. The average molecular weight is 399 g/mol. The van der Waals surface area contributed by atoms with Crippen LogP contribution in [-0.2, 0) is 4.79 Å². The Hall–Kier alpha value is -1.33. The van der Waals surface area contributed by atoms with E-state index < -0.39 is 6.10 Å². The Morgan fingerprint density at radius 1 is 1.00 bits per heavy atom. The lowest BCUT2D eigenvalue weighted by atomic mass is 10.3. The van der Waals surface area contributed by atoms with Gasteiger partial charge in [-0.3, -0.25) is 4.79 Å². The molecule has 0 aliphatic heterocycles. The molecular weight excluding hydrogens is 386 g/mol. The summed E-state index contributed by atoms with van der Waals surface area (Å²) in [5, 5.41) is 2.81. The van der Waals surface area contributed by atoms with Crippen LogP contribution < -0.4 is 10.1 Å². The van der Waals surface area contributed by atoms with Gasteiger partial charge in [0.25, 0.3) is 5.91 Å². The molecule has 0 aromatic heterocycles. The van der Waals surface area contributed by atoms with Crippen molar-refractivity contribution in [3.8, 4) is 5.75 Å². The minimum absolute atomic E-state index is 0.185. The third-order valence-corrected chi connectivity index (χ3v) is 3.66. The summed E-state index contributed by atoms with van der Waals surface area (Å²) in [5.74, 6) is 0.474. The van der Waals surface area contributed by atoms with Crippen LogP contribution in [0.15, 0.2) is 57.5 Å². The molecular formula is C15H13Br2NO2. The number of hydrogen-bond acceptors (Lipinski definition) is 2. The van der Waals surface area contributed by atoms with Crippen LogP contribution in [0.25, 0.3) is 0 Å². The third-order valence-electron chi connectivity index (χ3n) is 2.61. The Bertz CT molecular complexity index is 582. The van der Waals surface area contributed by atoms with Gasteiger partial charge in [0.15, 0.2) is 6.10 Å². The fourth-order valence-corrected chi connectivity index (χ4v) is 2.08. The number of nitrogens with one attached hydrogen (secondary N) is 1. The minimum Gasteiger partial charge on any atom is -0.481 e. The van der Waals surface area contributed by atoms with E-state index in [0.29, 0.717) is 5.75 Å². The highest BCUT2D eigenvalue weighted by atomic mass is 79.9. The highest BCUT2D eigenvalue weighted by Crippen LogP contribution is 2.18. The van der Waals surface area contributed by atoms with Crippen molar-refractivity contribution < 1.29 is 9.53 Å². The van der Waals surface area contributed by atoms with Crippen LogP contribution in [0, 0.1) is 0 Å². The number of hydrogen-bond donors (Lipinski definition) is 1. The monoisotopic (exact) mass is 397 g/mol. The van der Waals surface area contributed by atoms with Crippen molar-refractivity contribution in [1.82, 2.24) is 0 Å². The number of halogens is 2. The first-order valence-corrected chi connectivity index (χ1v) is 7.62. The summed E-state index contributed by atoms with van der Waals surface area (Å²) >= 11 is 6.70. The maximum atomic E-state index is 12.0. The topological polar surface area (TPSA) is 38.3 Å². The molecule has 0 unspecified atom stereocenters. The molecule has 20 heavy (non-hydrogen) atoms. The smallest absolute Gasteiger partial charge is 0.265 e. The number of benzene rings is 2. The minimum atomic E-state index is -0.570. The van der Waals surface area contributed by atoms with Gasteiger partial charge in [-0.05, 0) is 55.5 Å². The van der Waals surface area contributed by atoms with Crippen molar-refractivity contribution in [2.45, 2.75) is 13.0 Å². The van der Waals surface area contributed by atoms with Crippen LogP contribution in [0.1, 0.15) is 6.92 Å². The third kappa shape index (κ3) is 4.35. The van der Waals surface area contributed by atoms with E-state index in [4.69, 9.17) is 4.74 Å². The van der Waals surface area contributed by atoms with Crippen molar-refractivity contribution >= 4 is 43.5 Å². The van der Waals surface area contributed by atoms with E-state index in [9.17, 15) is 4.79 Å². The van der Waals surface area contributed by atoms with Crippen LogP contribution in [0.5, 0.6) is 5.75 Å². The van der Waals surface area contributed by atoms with Crippen molar-refractivity contribution in [3.05, 3.63) is 57.5 Å². The Kier molecular flexibility index (Phi) is 5.20. The van der Waals surface area contributed by atoms with Crippen LogP contribution >= 0.6 is 31.9 Å². The first kappa shape index (κ1) is 15.1. The van der Waals surface area contributed by atoms with Crippen LogP contribution in [0.3, 0.4) is 0 Å². The first-order chi connectivity index (χ1) is 9.54. The van der Waals surface area contributed by atoms with Gasteiger partial charge in [0.2, 0.25) is 0 Å². The van der Waals surface area contributed by atoms with Gasteiger partial charge in [-0.25, -0.2) is 0 Å². The van der Waals surface area contributed by atoms with Gasteiger partial charge in [0, 0.05) is 14.6 Å². The Morgan fingerprint density at radius 2 is 1.50 bits per heavy atom. The normalized spacial score (nSPS) is 11.8. The molecule has 2 rings (SSSR count). The molecule has 0 bridgehead atoms. The second kappa shape index (κ2) is 6.90. The number of anilines is 1. The molecule has 0 radical (unpaired) electrons. The zero-order valence-corrected chi connectivity index (χ0v) is 13.9. The largest absolute Gasteiger partial charge is 0.481 e. The number of ether oxygens (including phenoxy) is 1. The van der Waals surface area contributed by atoms with Crippen LogP contribution in [-0.4, -0.2) is 12.0 Å². The van der Waals surface area contributed by atoms with Gasteiger partial charge >= 0.3 is 0 Å². The van der Waals surface area contributed by atoms with Crippen molar-refractivity contribution in [1.29, 1.82) is 0 Å². The van der Waals surface area contributed by atoms with E-state index in [0.717, 1.165) is 14.6 Å². The number of carbonyl (C=O) groups excluding carboxylic acids is 1. The molecule has 0 fully saturated rings. The van der Waals surface area contributed by atoms with Crippen LogP contribution in [0.4, 0.5) is 5.69 Å². The summed E-state index contributed by atoms with van der Waals surface area (Å²) in [6, 6.07) is 14.8. The van der Waals surface area contributed by atoms with Gasteiger partial charge in [-0.15, -0.1) is 0 Å². The molecule has 2 aromatic carbocycles. The second-order valence-electron chi connectivity index (χ2n) is 4.21. The van der Waals surface area contributed by atoms with E-state index in [-0.39, 0.29) is 5.91 Å². The fourth-order valence-electron chi connectivity index (χ4n) is 1.55. The van der Waals surface area contributed by atoms with Gasteiger partial charge < -0.3 is 10.1 Å². The predicted octanol–water partition coefficient (Wildman–Crippen LogP) is 4.62. The number of rotatable bonds is 4. The highest BCUT2D eigenvalue weighted by molar-refractivity contribution is 9.10. The zero-order valence-electron chi connectivity index (χ0n) is 10.8. The van der Waals surface area contributed by atoms with Crippen molar-refractivity contribution in [2.75, 3.05) is 5.32 Å². The van der Waals surface area contributed by atoms with Crippen LogP contribution in [0.2, 0.25) is 0 Å². The number of amides is 1. The molecule has 0 aliphatic rings. The first-order valence-electron chi connectivity index (χ1n) is 6.03. The molecule has 1 atom stereocenters. The Morgan fingerprint density at radius 3 is 2.05 bits per heavy atom. The molecule has 3 nitrogen and oxygen atoms in total. The molecule has 0 aliphatic carbocycles. The molecule has 5 heteroatoms. The average Bonchev–Trinajstić information content (AvgIpc) is 2.44. The van der Waals surface area contributed by atoms with Crippen molar-refractivity contribution in [2.24, 2.45) is 0 Å². The lowest BCUT2D eigenvalue weighted by molar-refractivity contribution is -0.122. The Labute approximate surface area is 134 Å². The summed E-state index contributed by atoms with van der Waals surface area (Å²) in [4.78, 5) is 12.0. The summed E-state index contributed by atoms with van der Waals surface area (Å²) < 4.78 is 7.52. The summed E-state index contributed by atoms with van der Waals surface area (Å²) in [6.07, 6.45) is -0.570. The molecule has 0 saturated heterocycles. The molecule has 0 spiro atoms. The lowest BCUT2D eigenvalue weighted by Crippen LogP contribution is -2.30. The summed E-state index contributed by atoms with van der Waals surface area (Å²) in [5.41, 5.74) is 0.740. The summed E-state index contributed by atoms with van der Waals surface area (Å²) in [6.45, 7) is 1.72. The lowest BCUT2D eigenvalue weighted by Gasteiger charge is -2.14. The highest BCUT2D eigenvalue weighted by Gasteiger charge is 2.14. The maximum Gasteiger partial charge on any atom is 0.265 e. The molecule has 2 aromatic rings.